The Morgan fingerprint density at radius 3 is 2.76 bits per heavy atom. The number of aromatic nitrogens is 4. The molecule has 0 radical (unpaired) electrons. The molecule has 1 aromatic carbocycles. The summed E-state index contributed by atoms with van der Waals surface area (Å²) in [7, 11) is 0. The van der Waals surface area contributed by atoms with Crippen molar-refractivity contribution in [1.29, 1.82) is 0 Å². The molecule has 2 heterocycles. The summed E-state index contributed by atoms with van der Waals surface area (Å²) in [5.74, 6) is 1.45. The van der Waals surface area contributed by atoms with Crippen molar-refractivity contribution in [3.63, 3.8) is 0 Å². The van der Waals surface area contributed by atoms with Gasteiger partial charge in [0.1, 0.15) is 5.82 Å². The van der Waals surface area contributed by atoms with E-state index in [2.05, 4.69) is 25.5 Å². The number of anilines is 1. The van der Waals surface area contributed by atoms with Crippen molar-refractivity contribution in [1.82, 2.24) is 20.2 Å². The summed E-state index contributed by atoms with van der Waals surface area (Å²) in [6.45, 7) is 2.51. The highest BCUT2D eigenvalue weighted by Crippen LogP contribution is 2.16. The summed E-state index contributed by atoms with van der Waals surface area (Å²) in [4.78, 5) is 8.64. The quantitative estimate of drug-likeness (QED) is 0.774. The van der Waals surface area contributed by atoms with Crippen LogP contribution in [0.2, 0.25) is 5.02 Å². The van der Waals surface area contributed by atoms with Crippen molar-refractivity contribution >= 4 is 17.3 Å². The lowest BCUT2D eigenvalue weighted by molar-refractivity contribution is 0.955. The van der Waals surface area contributed by atoms with Gasteiger partial charge in [0, 0.05) is 28.2 Å². The minimum Gasteiger partial charge on any atom is -0.378 e. The molecule has 6 heteroatoms. The van der Waals surface area contributed by atoms with Crippen LogP contribution < -0.4 is 5.32 Å². The van der Waals surface area contributed by atoms with E-state index < -0.39 is 0 Å². The Hall–Kier alpha value is -2.40. The number of aromatic amines is 1. The zero-order valence-corrected chi connectivity index (χ0v) is 12.2. The molecule has 0 fully saturated rings. The van der Waals surface area contributed by atoms with Gasteiger partial charge in [-0.2, -0.15) is 5.10 Å². The number of aryl methyl sites for hydroxylation is 1. The molecule has 21 heavy (non-hydrogen) atoms. The highest BCUT2D eigenvalue weighted by Gasteiger charge is 2.06. The molecule has 3 rings (SSSR count). The Labute approximate surface area is 127 Å². The number of hydrogen-bond acceptors (Lipinski definition) is 4. The van der Waals surface area contributed by atoms with Crippen LogP contribution in [0.5, 0.6) is 0 Å². The SMILES string of the molecule is Cc1cc(-c2n[nH]c(CNc3ccc(Cl)cc3)n2)ccn1. The number of nitrogens with zero attached hydrogens (tertiary/aromatic N) is 3. The summed E-state index contributed by atoms with van der Waals surface area (Å²) in [5, 5.41) is 11.1. The number of nitrogens with one attached hydrogen (secondary N) is 2. The van der Waals surface area contributed by atoms with Crippen molar-refractivity contribution in [3.8, 4) is 11.4 Å². The summed E-state index contributed by atoms with van der Waals surface area (Å²) in [6.07, 6.45) is 1.76. The number of pyridine rings is 1. The van der Waals surface area contributed by atoms with E-state index in [0.717, 1.165) is 27.8 Å². The highest BCUT2D eigenvalue weighted by atomic mass is 35.5. The van der Waals surface area contributed by atoms with Gasteiger partial charge in [0.15, 0.2) is 5.82 Å². The fourth-order valence-electron chi connectivity index (χ4n) is 1.94. The van der Waals surface area contributed by atoms with Crippen molar-refractivity contribution in [2.24, 2.45) is 0 Å². The third kappa shape index (κ3) is 3.38. The molecule has 0 atom stereocenters. The molecule has 0 unspecified atom stereocenters. The number of H-pyrrole nitrogens is 1. The van der Waals surface area contributed by atoms with Gasteiger partial charge in [-0.05, 0) is 43.3 Å². The Morgan fingerprint density at radius 1 is 1.19 bits per heavy atom. The van der Waals surface area contributed by atoms with E-state index in [9.17, 15) is 0 Å². The number of hydrogen-bond donors (Lipinski definition) is 2. The first-order valence-corrected chi connectivity index (χ1v) is 6.92. The van der Waals surface area contributed by atoms with E-state index in [-0.39, 0.29) is 0 Å². The Bertz CT molecular complexity index is 736. The molecule has 0 aliphatic heterocycles. The molecule has 0 aliphatic carbocycles. The zero-order valence-electron chi connectivity index (χ0n) is 11.5. The van der Waals surface area contributed by atoms with Gasteiger partial charge in [0.2, 0.25) is 0 Å². The zero-order chi connectivity index (χ0) is 14.7. The van der Waals surface area contributed by atoms with Gasteiger partial charge < -0.3 is 5.32 Å². The molecular weight excluding hydrogens is 286 g/mol. The minimum absolute atomic E-state index is 0.568. The van der Waals surface area contributed by atoms with Crippen LogP contribution >= 0.6 is 11.6 Å². The summed E-state index contributed by atoms with van der Waals surface area (Å²) in [6, 6.07) is 11.4. The van der Waals surface area contributed by atoms with Gasteiger partial charge in [0.05, 0.1) is 6.54 Å². The van der Waals surface area contributed by atoms with Gasteiger partial charge in [-0.15, -0.1) is 0 Å². The number of halogens is 1. The number of rotatable bonds is 4. The molecule has 0 saturated carbocycles. The minimum atomic E-state index is 0.568. The molecule has 5 nitrogen and oxygen atoms in total. The molecule has 0 amide bonds. The van der Waals surface area contributed by atoms with Crippen LogP contribution in [0.3, 0.4) is 0 Å². The fraction of sp³-hybridized carbons (Fsp3) is 0.133. The van der Waals surface area contributed by atoms with E-state index in [1.807, 2.05) is 43.3 Å². The molecule has 3 aromatic rings. The van der Waals surface area contributed by atoms with Crippen molar-refractivity contribution in [2.45, 2.75) is 13.5 Å². The first-order valence-electron chi connectivity index (χ1n) is 6.54. The molecule has 0 bridgehead atoms. The topological polar surface area (TPSA) is 66.5 Å². The van der Waals surface area contributed by atoms with E-state index in [1.54, 1.807) is 6.20 Å². The van der Waals surface area contributed by atoms with E-state index in [1.165, 1.54) is 0 Å². The molecule has 0 aliphatic rings. The van der Waals surface area contributed by atoms with Crippen LogP contribution in [-0.4, -0.2) is 20.2 Å². The second kappa shape index (κ2) is 5.93. The van der Waals surface area contributed by atoms with Crippen LogP contribution in [0.25, 0.3) is 11.4 Å². The van der Waals surface area contributed by atoms with Gasteiger partial charge in [-0.25, -0.2) is 4.98 Å². The maximum atomic E-state index is 5.85. The summed E-state index contributed by atoms with van der Waals surface area (Å²) < 4.78 is 0. The van der Waals surface area contributed by atoms with Gasteiger partial charge >= 0.3 is 0 Å². The van der Waals surface area contributed by atoms with Crippen molar-refractivity contribution in [2.75, 3.05) is 5.32 Å². The van der Waals surface area contributed by atoms with Crippen LogP contribution in [-0.2, 0) is 6.54 Å². The van der Waals surface area contributed by atoms with Crippen LogP contribution in [0, 0.1) is 6.92 Å². The average Bonchev–Trinajstić information content (AvgIpc) is 2.96. The van der Waals surface area contributed by atoms with E-state index in [4.69, 9.17) is 11.6 Å². The smallest absolute Gasteiger partial charge is 0.181 e. The van der Waals surface area contributed by atoms with Crippen LogP contribution in [0.4, 0.5) is 5.69 Å². The molecule has 2 N–H and O–H groups in total. The van der Waals surface area contributed by atoms with Crippen LogP contribution in [0.15, 0.2) is 42.6 Å². The predicted octanol–water partition coefficient (Wildman–Crippen LogP) is 3.44. The van der Waals surface area contributed by atoms with Crippen LogP contribution in [0.1, 0.15) is 11.5 Å². The fourth-order valence-corrected chi connectivity index (χ4v) is 2.07. The second-order valence-electron chi connectivity index (χ2n) is 4.65. The van der Waals surface area contributed by atoms with Gasteiger partial charge in [0.25, 0.3) is 0 Å². The maximum Gasteiger partial charge on any atom is 0.181 e. The highest BCUT2D eigenvalue weighted by molar-refractivity contribution is 6.30. The van der Waals surface area contributed by atoms with Gasteiger partial charge in [-0.3, -0.25) is 10.1 Å². The molecule has 106 valence electrons. The normalized spacial score (nSPS) is 10.6. The molecule has 0 spiro atoms. The van der Waals surface area contributed by atoms with E-state index >= 15 is 0 Å². The number of benzene rings is 1. The monoisotopic (exact) mass is 299 g/mol. The standard InChI is InChI=1S/C15H14ClN5/c1-10-8-11(6-7-17-10)15-19-14(20-21-15)9-18-13-4-2-12(16)3-5-13/h2-8,18H,9H2,1H3,(H,19,20,21). The first kappa shape index (κ1) is 13.6. The van der Waals surface area contributed by atoms with Crippen molar-refractivity contribution < 1.29 is 0 Å². The lowest BCUT2D eigenvalue weighted by Crippen LogP contribution is -2.01. The predicted molar refractivity (Wildman–Crippen MR) is 83.1 cm³/mol. The molecule has 2 aromatic heterocycles. The Kier molecular flexibility index (Phi) is 3.83. The van der Waals surface area contributed by atoms with Gasteiger partial charge in [-0.1, -0.05) is 11.6 Å². The third-order valence-corrected chi connectivity index (χ3v) is 3.24. The largest absolute Gasteiger partial charge is 0.378 e. The average molecular weight is 300 g/mol. The third-order valence-electron chi connectivity index (χ3n) is 2.99. The maximum absolute atomic E-state index is 5.85. The Morgan fingerprint density at radius 2 is 2.00 bits per heavy atom. The van der Waals surface area contributed by atoms with E-state index in [0.29, 0.717) is 12.4 Å². The summed E-state index contributed by atoms with van der Waals surface area (Å²) >= 11 is 5.85. The summed E-state index contributed by atoms with van der Waals surface area (Å²) in [5.41, 5.74) is 2.88. The molecular formula is C15H14ClN5. The lowest BCUT2D eigenvalue weighted by atomic mass is 10.2. The molecule has 0 saturated heterocycles. The first-order chi connectivity index (χ1) is 10.2. The second-order valence-corrected chi connectivity index (χ2v) is 5.09. The van der Waals surface area contributed by atoms with Crippen molar-refractivity contribution in [3.05, 3.63) is 59.1 Å². The lowest BCUT2D eigenvalue weighted by Gasteiger charge is -2.03. The Balaban J connectivity index is 1.69.